The van der Waals surface area contributed by atoms with Gasteiger partial charge in [0.05, 0.1) is 11.8 Å². The third-order valence-corrected chi connectivity index (χ3v) is 3.19. The van der Waals surface area contributed by atoms with E-state index in [1.165, 1.54) is 5.56 Å². The molecule has 0 saturated carbocycles. The molecule has 0 bridgehead atoms. The van der Waals surface area contributed by atoms with Crippen LogP contribution in [0.15, 0.2) is 42.7 Å². The second kappa shape index (κ2) is 5.45. The van der Waals surface area contributed by atoms with Crippen LogP contribution in [0.4, 0.5) is 0 Å². The molecule has 0 fully saturated rings. The van der Waals surface area contributed by atoms with Crippen molar-refractivity contribution in [3.63, 3.8) is 0 Å². The van der Waals surface area contributed by atoms with Crippen LogP contribution in [0.3, 0.4) is 0 Å². The molecule has 1 aromatic heterocycles. The molecule has 1 aromatic carbocycles. The van der Waals surface area contributed by atoms with E-state index in [-0.39, 0.29) is 11.2 Å². The summed E-state index contributed by atoms with van der Waals surface area (Å²) < 4.78 is 1.62. The van der Waals surface area contributed by atoms with E-state index in [9.17, 15) is 4.79 Å². The molecule has 0 aliphatic rings. The van der Waals surface area contributed by atoms with Gasteiger partial charge in [-0.3, -0.25) is 9.48 Å². The molecule has 104 valence electrons. The highest BCUT2D eigenvalue weighted by Gasteiger charge is 2.12. The van der Waals surface area contributed by atoms with Gasteiger partial charge < -0.3 is 0 Å². The molecule has 0 atom stereocenters. The van der Waals surface area contributed by atoms with E-state index in [1.807, 2.05) is 18.2 Å². The zero-order chi connectivity index (χ0) is 14.8. The lowest BCUT2D eigenvalue weighted by Gasteiger charge is -2.18. The van der Waals surface area contributed by atoms with Crippen molar-refractivity contribution in [3.8, 4) is 0 Å². The van der Waals surface area contributed by atoms with Gasteiger partial charge in [-0.2, -0.15) is 5.10 Å². The molecule has 0 radical (unpaired) electrons. The molecule has 20 heavy (non-hydrogen) atoms. The summed E-state index contributed by atoms with van der Waals surface area (Å²) >= 11 is 0. The fraction of sp³-hybridized carbons (Fsp3) is 0.294. The smallest absolute Gasteiger partial charge is 0.189 e. The van der Waals surface area contributed by atoms with Crippen LogP contribution < -0.4 is 0 Å². The number of aromatic nitrogens is 2. The average molecular weight is 268 g/mol. The quantitative estimate of drug-likeness (QED) is 0.629. The van der Waals surface area contributed by atoms with Gasteiger partial charge in [-0.25, -0.2) is 0 Å². The second-order valence-corrected chi connectivity index (χ2v) is 5.97. The number of carbonyl (C=O) groups is 1. The van der Waals surface area contributed by atoms with Gasteiger partial charge >= 0.3 is 0 Å². The summed E-state index contributed by atoms with van der Waals surface area (Å²) in [6.07, 6.45) is 6.72. The zero-order valence-corrected chi connectivity index (χ0v) is 12.4. The largest absolute Gasteiger partial charge is 0.289 e. The SMILES string of the molecule is Cn1cc(C(=O)C=Cc2ccc(C(C)(C)C)cc2)cn1. The third kappa shape index (κ3) is 3.44. The summed E-state index contributed by atoms with van der Waals surface area (Å²) in [6.45, 7) is 6.55. The van der Waals surface area contributed by atoms with Gasteiger partial charge in [0.15, 0.2) is 5.78 Å². The van der Waals surface area contributed by atoms with E-state index < -0.39 is 0 Å². The lowest BCUT2D eigenvalue weighted by Crippen LogP contribution is -2.10. The first-order chi connectivity index (χ1) is 9.36. The maximum atomic E-state index is 11.9. The van der Waals surface area contributed by atoms with Gasteiger partial charge in [0.25, 0.3) is 0 Å². The Kier molecular flexibility index (Phi) is 3.89. The minimum atomic E-state index is -0.0296. The van der Waals surface area contributed by atoms with E-state index in [1.54, 1.807) is 30.2 Å². The number of hydrogen-bond acceptors (Lipinski definition) is 2. The Balaban J connectivity index is 2.10. The lowest BCUT2D eigenvalue weighted by molar-refractivity contribution is 0.104. The topological polar surface area (TPSA) is 34.9 Å². The minimum absolute atomic E-state index is 0.0296. The molecular weight excluding hydrogens is 248 g/mol. The molecule has 0 saturated heterocycles. The number of nitrogens with zero attached hydrogens (tertiary/aromatic N) is 2. The van der Waals surface area contributed by atoms with Crippen LogP contribution in [0.5, 0.6) is 0 Å². The molecule has 3 nitrogen and oxygen atoms in total. The highest BCUT2D eigenvalue weighted by molar-refractivity contribution is 6.06. The van der Waals surface area contributed by atoms with Crippen molar-refractivity contribution in [1.82, 2.24) is 9.78 Å². The predicted molar refractivity (Wildman–Crippen MR) is 81.7 cm³/mol. The van der Waals surface area contributed by atoms with E-state index in [4.69, 9.17) is 0 Å². The molecule has 0 aliphatic carbocycles. The Morgan fingerprint density at radius 1 is 1.20 bits per heavy atom. The second-order valence-electron chi connectivity index (χ2n) is 5.97. The lowest BCUT2D eigenvalue weighted by atomic mass is 9.87. The normalized spacial score (nSPS) is 12.0. The monoisotopic (exact) mass is 268 g/mol. The first-order valence-electron chi connectivity index (χ1n) is 6.68. The van der Waals surface area contributed by atoms with Crippen molar-refractivity contribution < 1.29 is 4.79 Å². The van der Waals surface area contributed by atoms with Gasteiger partial charge in [-0.05, 0) is 22.6 Å². The number of hydrogen-bond donors (Lipinski definition) is 0. The molecule has 0 unspecified atom stereocenters. The van der Waals surface area contributed by atoms with Crippen LogP contribution in [0.2, 0.25) is 0 Å². The van der Waals surface area contributed by atoms with Crippen LogP contribution in [0.1, 0.15) is 42.3 Å². The summed E-state index contributed by atoms with van der Waals surface area (Å²) in [4.78, 5) is 11.9. The molecule has 0 amide bonds. The van der Waals surface area contributed by atoms with Crippen LogP contribution in [-0.4, -0.2) is 15.6 Å². The number of allylic oxidation sites excluding steroid dienone is 1. The van der Waals surface area contributed by atoms with E-state index >= 15 is 0 Å². The van der Waals surface area contributed by atoms with Crippen LogP contribution in [0, 0.1) is 0 Å². The Labute approximate surface area is 119 Å². The van der Waals surface area contributed by atoms with Gasteiger partial charge in [-0.1, -0.05) is 51.1 Å². The number of ketones is 1. The third-order valence-electron chi connectivity index (χ3n) is 3.19. The Bertz CT molecular complexity index is 628. The summed E-state index contributed by atoms with van der Waals surface area (Å²) in [5.41, 5.74) is 3.06. The van der Waals surface area contributed by atoms with Gasteiger partial charge in [0.1, 0.15) is 0 Å². The molecule has 0 N–H and O–H groups in total. The number of benzene rings is 1. The van der Waals surface area contributed by atoms with Crippen molar-refractivity contribution in [1.29, 1.82) is 0 Å². The molecule has 1 heterocycles. The Morgan fingerprint density at radius 2 is 1.85 bits per heavy atom. The summed E-state index contributed by atoms with van der Waals surface area (Å²) in [5.74, 6) is -0.0296. The van der Waals surface area contributed by atoms with Crippen LogP contribution in [-0.2, 0) is 12.5 Å². The first kappa shape index (κ1) is 14.3. The molecular formula is C17H20N2O. The number of aryl methyl sites for hydroxylation is 1. The Hall–Kier alpha value is -2.16. The molecule has 2 rings (SSSR count). The minimum Gasteiger partial charge on any atom is -0.289 e. The fourth-order valence-corrected chi connectivity index (χ4v) is 1.91. The highest BCUT2D eigenvalue weighted by atomic mass is 16.1. The van der Waals surface area contributed by atoms with Crippen LogP contribution in [0.25, 0.3) is 6.08 Å². The van der Waals surface area contributed by atoms with E-state index in [0.29, 0.717) is 5.56 Å². The number of carbonyl (C=O) groups excluding carboxylic acids is 1. The van der Waals surface area contributed by atoms with Gasteiger partial charge in [0.2, 0.25) is 0 Å². The maximum absolute atomic E-state index is 11.9. The van der Waals surface area contributed by atoms with E-state index in [0.717, 1.165) is 5.56 Å². The van der Waals surface area contributed by atoms with E-state index in [2.05, 4.69) is 38.0 Å². The summed E-state index contributed by atoms with van der Waals surface area (Å²) in [6, 6.07) is 8.28. The summed E-state index contributed by atoms with van der Waals surface area (Å²) in [7, 11) is 1.80. The van der Waals surface area contributed by atoms with Crippen molar-refractivity contribution >= 4 is 11.9 Å². The van der Waals surface area contributed by atoms with Crippen molar-refractivity contribution in [2.75, 3.05) is 0 Å². The van der Waals surface area contributed by atoms with Crippen molar-refractivity contribution in [3.05, 3.63) is 59.4 Å². The summed E-state index contributed by atoms with van der Waals surface area (Å²) in [5, 5.41) is 3.99. The van der Waals surface area contributed by atoms with Crippen LogP contribution >= 0.6 is 0 Å². The fourth-order valence-electron chi connectivity index (χ4n) is 1.91. The van der Waals surface area contributed by atoms with Gasteiger partial charge in [-0.15, -0.1) is 0 Å². The molecule has 0 spiro atoms. The van der Waals surface area contributed by atoms with Gasteiger partial charge in [0, 0.05) is 13.2 Å². The molecule has 0 aliphatic heterocycles. The number of rotatable bonds is 3. The standard InChI is InChI=1S/C17H20N2O/c1-17(2,3)15-8-5-13(6-9-15)7-10-16(20)14-11-18-19(4)12-14/h5-12H,1-4H3. The van der Waals surface area contributed by atoms with Crippen molar-refractivity contribution in [2.45, 2.75) is 26.2 Å². The zero-order valence-electron chi connectivity index (χ0n) is 12.4. The van der Waals surface area contributed by atoms with Crippen molar-refractivity contribution in [2.24, 2.45) is 7.05 Å². The Morgan fingerprint density at radius 3 is 2.35 bits per heavy atom. The average Bonchev–Trinajstić information content (AvgIpc) is 2.82. The predicted octanol–water partition coefficient (Wildman–Crippen LogP) is 3.61. The maximum Gasteiger partial charge on any atom is 0.189 e. The molecule has 3 heteroatoms. The first-order valence-corrected chi connectivity index (χ1v) is 6.68. The molecule has 2 aromatic rings. The highest BCUT2D eigenvalue weighted by Crippen LogP contribution is 2.22.